The molecule has 0 spiro atoms. The first-order valence-corrected chi connectivity index (χ1v) is 8.02. The molecule has 0 bridgehead atoms. The van der Waals surface area contributed by atoms with Crippen LogP contribution in [-0.2, 0) is 11.3 Å². The van der Waals surface area contributed by atoms with E-state index >= 15 is 0 Å². The van der Waals surface area contributed by atoms with Crippen molar-refractivity contribution in [1.29, 1.82) is 0 Å². The van der Waals surface area contributed by atoms with Crippen LogP contribution in [0.5, 0.6) is 0 Å². The molecule has 1 amide bonds. The van der Waals surface area contributed by atoms with E-state index in [4.69, 9.17) is 4.74 Å². The van der Waals surface area contributed by atoms with E-state index < -0.39 is 11.7 Å². The molecule has 23 heavy (non-hydrogen) atoms. The predicted octanol–water partition coefficient (Wildman–Crippen LogP) is 4.16. The molecule has 1 aromatic carbocycles. The van der Waals surface area contributed by atoms with Gasteiger partial charge in [0.15, 0.2) is 0 Å². The summed E-state index contributed by atoms with van der Waals surface area (Å²) in [4.78, 5) is 12.0. The van der Waals surface area contributed by atoms with Gasteiger partial charge in [0, 0.05) is 12.1 Å². The Bertz CT molecular complexity index is 682. The molecule has 3 rings (SSSR count). The van der Waals surface area contributed by atoms with Crippen molar-refractivity contribution in [3.05, 3.63) is 47.8 Å². The van der Waals surface area contributed by atoms with Crippen molar-refractivity contribution in [2.75, 3.05) is 5.32 Å². The number of aromatic nitrogens is 2. The topological polar surface area (TPSA) is 56.1 Å². The molecule has 0 aliphatic heterocycles. The number of anilines is 1. The summed E-state index contributed by atoms with van der Waals surface area (Å²) < 4.78 is 7.22. The van der Waals surface area contributed by atoms with E-state index in [1.807, 2.05) is 49.8 Å². The fraction of sp³-hybridized carbons (Fsp3) is 0.444. The lowest BCUT2D eigenvalue weighted by Gasteiger charge is -2.19. The van der Waals surface area contributed by atoms with Crippen LogP contribution in [0.2, 0.25) is 0 Å². The average molecular weight is 313 g/mol. The van der Waals surface area contributed by atoms with Crippen LogP contribution in [-0.4, -0.2) is 21.5 Å². The molecule has 1 N–H and O–H groups in total. The second kappa shape index (κ2) is 6.07. The molecule has 0 atom stereocenters. The largest absolute Gasteiger partial charge is 0.444 e. The van der Waals surface area contributed by atoms with Crippen LogP contribution < -0.4 is 5.32 Å². The second-order valence-electron chi connectivity index (χ2n) is 7.01. The Labute approximate surface area is 136 Å². The van der Waals surface area contributed by atoms with Gasteiger partial charge >= 0.3 is 6.09 Å². The number of amides is 1. The number of benzene rings is 1. The number of nitrogens with one attached hydrogen (secondary N) is 1. The Morgan fingerprint density at radius 2 is 2.00 bits per heavy atom. The van der Waals surface area contributed by atoms with Gasteiger partial charge in [-0.25, -0.2) is 4.79 Å². The molecule has 1 aliphatic rings. The van der Waals surface area contributed by atoms with Crippen LogP contribution in [0, 0.1) is 0 Å². The highest BCUT2D eigenvalue weighted by Gasteiger charge is 2.30. The zero-order chi connectivity index (χ0) is 16.4. The summed E-state index contributed by atoms with van der Waals surface area (Å²) in [5.41, 5.74) is 2.40. The molecule has 5 heteroatoms. The van der Waals surface area contributed by atoms with Gasteiger partial charge in [-0.2, -0.15) is 5.10 Å². The molecule has 2 aromatic rings. The third-order valence-electron chi connectivity index (χ3n) is 3.58. The molecule has 0 saturated heterocycles. The van der Waals surface area contributed by atoms with Crippen molar-refractivity contribution in [1.82, 2.24) is 9.78 Å². The number of rotatable bonds is 4. The standard InChI is InChI=1S/C18H23N3O2/c1-18(2,3)23-17(22)19-15-12-21(20-16(15)14-9-10-14)11-13-7-5-4-6-8-13/h4-8,12,14H,9-11H2,1-3H3,(H,19,22). The van der Waals surface area contributed by atoms with Crippen LogP contribution in [0.4, 0.5) is 10.5 Å². The Balaban J connectivity index is 1.75. The van der Waals surface area contributed by atoms with E-state index in [-0.39, 0.29) is 0 Å². The summed E-state index contributed by atoms with van der Waals surface area (Å²) in [5, 5.41) is 7.51. The van der Waals surface area contributed by atoms with Gasteiger partial charge in [0.2, 0.25) is 0 Å². The Morgan fingerprint density at radius 1 is 1.30 bits per heavy atom. The van der Waals surface area contributed by atoms with Gasteiger partial charge in [-0.1, -0.05) is 30.3 Å². The molecule has 1 aliphatic carbocycles. The highest BCUT2D eigenvalue weighted by Crippen LogP contribution is 2.42. The van der Waals surface area contributed by atoms with E-state index in [9.17, 15) is 4.79 Å². The zero-order valence-corrected chi connectivity index (χ0v) is 13.9. The normalized spacial score (nSPS) is 14.6. The fourth-order valence-corrected chi connectivity index (χ4v) is 2.46. The van der Waals surface area contributed by atoms with Crippen LogP contribution in [0.15, 0.2) is 36.5 Å². The summed E-state index contributed by atoms with van der Waals surface area (Å²) in [6.45, 7) is 6.25. The number of hydrogen-bond donors (Lipinski definition) is 1. The minimum atomic E-state index is -0.510. The average Bonchev–Trinajstić information content (AvgIpc) is 3.22. The summed E-state index contributed by atoms with van der Waals surface area (Å²) in [5.74, 6) is 0.456. The molecule has 0 radical (unpaired) electrons. The zero-order valence-electron chi connectivity index (χ0n) is 13.9. The van der Waals surface area contributed by atoms with Crippen LogP contribution in [0.3, 0.4) is 0 Å². The van der Waals surface area contributed by atoms with Gasteiger partial charge in [0.05, 0.1) is 17.9 Å². The van der Waals surface area contributed by atoms with Gasteiger partial charge in [-0.3, -0.25) is 10.00 Å². The van der Waals surface area contributed by atoms with Crippen molar-refractivity contribution in [2.45, 2.75) is 51.7 Å². The van der Waals surface area contributed by atoms with Gasteiger partial charge < -0.3 is 4.74 Å². The third kappa shape index (κ3) is 4.34. The quantitative estimate of drug-likeness (QED) is 0.922. The van der Waals surface area contributed by atoms with Crippen molar-refractivity contribution in [2.24, 2.45) is 0 Å². The molecule has 0 unspecified atom stereocenters. The smallest absolute Gasteiger partial charge is 0.412 e. The molecular weight excluding hydrogens is 290 g/mol. The fourth-order valence-electron chi connectivity index (χ4n) is 2.46. The van der Waals surface area contributed by atoms with E-state index in [0.29, 0.717) is 12.5 Å². The van der Waals surface area contributed by atoms with Crippen molar-refractivity contribution in [3.63, 3.8) is 0 Å². The van der Waals surface area contributed by atoms with Crippen LogP contribution in [0.1, 0.15) is 50.8 Å². The summed E-state index contributed by atoms with van der Waals surface area (Å²) in [6, 6.07) is 10.2. The maximum absolute atomic E-state index is 12.0. The first kappa shape index (κ1) is 15.6. The lowest BCUT2D eigenvalue weighted by molar-refractivity contribution is 0.0636. The minimum Gasteiger partial charge on any atom is -0.444 e. The van der Waals surface area contributed by atoms with Gasteiger partial charge in [-0.15, -0.1) is 0 Å². The number of nitrogens with zero attached hydrogens (tertiary/aromatic N) is 2. The van der Waals surface area contributed by atoms with Gasteiger partial charge in [-0.05, 0) is 39.2 Å². The van der Waals surface area contributed by atoms with E-state index in [2.05, 4.69) is 22.5 Å². The lowest BCUT2D eigenvalue weighted by Crippen LogP contribution is -2.27. The molecule has 1 fully saturated rings. The third-order valence-corrected chi connectivity index (χ3v) is 3.58. The first-order valence-electron chi connectivity index (χ1n) is 8.02. The summed E-state index contributed by atoms with van der Waals surface area (Å²) in [7, 11) is 0. The second-order valence-corrected chi connectivity index (χ2v) is 7.01. The van der Waals surface area contributed by atoms with Gasteiger partial charge in [0.25, 0.3) is 0 Å². The predicted molar refractivity (Wildman–Crippen MR) is 89.6 cm³/mol. The molecule has 122 valence electrons. The van der Waals surface area contributed by atoms with Crippen molar-refractivity contribution < 1.29 is 9.53 Å². The SMILES string of the molecule is CC(C)(C)OC(=O)Nc1cn(Cc2ccccc2)nc1C1CC1. The Hall–Kier alpha value is -2.30. The molecule has 1 aromatic heterocycles. The molecule has 1 saturated carbocycles. The van der Waals surface area contributed by atoms with Crippen LogP contribution in [0.25, 0.3) is 0 Å². The Kier molecular flexibility index (Phi) is 4.11. The highest BCUT2D eigenvalue weighted by atomic mass is 16.6. The Morgan fingerprint density at radius 3 is 2.61 bits per heavy atom. The minimum absolute atomic E-state index is 0.432. The van der Waals surface area contributed by atoms with Crippen LogP contribution >= 0.6 is 0 Å². The summed E-state index contributed by atoms with van der Waals surface area (Å²) in [6.07, 6.45) is 3.72. The maximum atomic E-state index is 12.0. The number of ether oxygens (including phenoxy) is 1. The summed E-state index contributed by atoms with van der Waals surface area (Å²) >= 11 is 0. The number of hydrogen-bond acceptors (Lipinski definition) is 3. The molecular formula is C18H23N3O2. The van der Waals surface area contributed by atoms with Crippen molar-refractivity contribution >= 4 is 11.8 Å². The lowest BCUT2D eigenvalue weighted by atomic mass is 10.2. The monoisotopic (exact) mass is 313 g/mol. The van der Waals surface area contributed by atoms with E-state index in [1.54, 1.807) is 0 Å². The van der Waals surface area contributed by atoms with E-state index in [0.717, 1.165) is 24.2 Å². The molecule has 1 heterocycles. The van der Waals surface area contributed by atoms with E-state index in [1.165, 1.54) is 5.56 Å². The molecule has 5 nitrogen and oxygen atoms in total. The number of carbonyl (C=O) groups excluding carboxylic acids is 1. The number of carbonyl (C=O) groups is 1. The maximum Gasteiger partial charge on any atom is 0.412 e. The van der Waals surface area contributed by atoms with Crippen molar-refractivity contribution in [3.8, 4) is 0 Å². The first-order chi connectivity index (χ1) is 10.9. The highest BCUT2D eigenvalue weighted by molar-refractivity contribution is 5.85. The van der Waals surface area contributed by atoms with Gasteiger partial charge in [0.1, 0.15) is 5.60 Å².